The summed E-state index contributed by atoms with van der Waals surface area (Å²) < 4.78 is 16.4. The molecule has 0 aliphatic carbocycles. The Morgan fingerprint density at radius 3 is 2.00 bits per heavy atom. The van der Waals surface area contributed by atoms with Crippen molar-refractivity contribution in [2.24, 2.45) is 0 Å². The summed E-state index contributed by atoms with van der Waals surface area (Å²) >= 11 is 1.90. The molecule has 2 aliphatic rings. The lowest BCUT2D eigenvalue weighted by molar-refractivity contribution is -0.126. The second-order valence-corrected chi connectivity index (χ2v) is 10.9. The quantitative estimate of drug-likeness (QED) is 0.0654. The number of unbranched alkanes of at least 4 members (excludes halogenated alkanes) is 1. The molecule has 3 atom stereocenters. The summed E-state index contributed by atoms with van der Waals surface area (Å²) in [6.45, 7) is 4.19. The predicted molar refractivity (Wildman–Crippen MR) is 153 cm³/mol. The first-order chi connectivity index (χ1) is 19.5. The van der Waals surface area contributed by atoms with Crippen LogP contribution in [0.15, 0.2) is 0 Å². The lowest BCUT2D eigenvalue weighted by Crippen LogP contribution is -2.36. The first-order valence-electron chi connectivity index (χ1n) is 14.1. The van der Waals surface area contributed by atoms with Gasteiger partial charge in [-0.2, -0.15) is 11.8 Å². The molecule has 2 rings (SSSR count). The van der Waals surface area contributed by atoms with Crippen molar-refractivity contribution < 1.29 is 33.4 Å². The van der Waals surface area contributed by atoms with E-state index in [2.05, 4.69) is 32.5 Å². The first-order valence-corrected chi connectivity index (χ1v) is 15.2. The lowest BCUT2D eigenvalue weighted by atomic mass is 10.0. The Morgan fingerprint density at radius 2 is 1.38 bits per heavy atom. The van der Waals surface area contributed by atoms with Crippen molar-refractivity contribution in [1.82, 2.24) is 26.6 Å². The zero-order valence-electron chi connectivity index (χ0n) is 23.3. The third-order valence-corrected chi connectivity index (χ3v) is 7.88. The van der Waals surface area contributed by atoms with Crippen LogP contribution in [0, 0.1) is 12.3 Å². The molecule has 40 heavy (non-hydrogen) atoms. The van der Waals surface area contributed by atoms with E-state index in [0.29, 0.717) is 70.8 Å². The van der Waals surface area contributed by atoms with E-state index in [4.69, 9.17) is 20.6 Å². The zero-order chi connectivity index (χ0) is 28.8. The Labute approximate surface area is 241 Å². The number of thioether (sulfide) groups is 1. The van der Waals surface area contributed by atoms with Gasteiger partial charge in [0.05, 0.1) is 45.1 Å². The van der Waals surface area contributed by atoms with Crippen LogP contribution in [0.25, 0.3) is 0 Å². The monoisotopic (exact) mass is 583 g/mol. The number of nitrogens with one attached hydrogen (secondary N) is 5. The van der Waals surface area contributed by atoms with E-state index >= 15 is 0 Å². The number of carbonyl (C=O) groups excluding carboxylic acids is 4. The molecule has 0 unspecified atom stereocenters. The van der Waals surface area contributed by atoms with Crippen LogP contribution in [0.2, 0.25) is 0 Å². The van der Waals surface area contributed by atoms with Crippen molar-refractivity contribution in [3.63, 3.8) is 0 Å². The minimum atomic E-state index is -0.235. The summed E-state index contributed by atoms with van der Waals surface area (Å²) in [7, 11) is 0. The number of terminal acetylenes is 1. The number of hydrogen-bond donors (Lipinski definition) is 5. The van der Waals surface area contributed by atoms with Crippen LogP contribution in [-0.2, 0) is 28.6 Å². The Kier molecular flexibility index (Phi) is 17.9. The average molecular weight is 584 g/mol. The van der Waals surface area contributed by atoms with E-state index in [0.717, 1.165) is 31.4 Å². The van der Waals surface area contributed by atoms with Crippen molar-refractivity contribution in [1.29, 1.82) is 0 Å². The van der Waals surface area contributed by atoms with Crippen LogP contribution in [-0.4, -0.2) is 106 Å². The molecular weight excluding hydrogens is 538 g/mol. The molecule has 0 bridgehead atoms. The van der Waals surface area contributed by atoms with Gasteiger partial charge in [-0.1, -0.05) is 12.3 Å². The van der Waals surface area contributed by atoms with Gasteiger partial charge in [-0.05, 0) is 25.7 Å². The fourth-order valence-electron chi connectivity index (χ4n) is 4.26. The maximum absolute atomic E-state index is 12.0. The predicted octanol–water partition coefficient (Wildman–Crippen LogP) is 0.304. The van der Waals surface area contributed by atoms with E-state index in [1.165, 1.54) is 0 Å². The van der Waals surface area contributed by atoms with Gasteiger partial charge in [-0.15, -0.1) is 6.42 Å². The molecule has 2 fully saturated rings. The van der Waals surface area contributed by atoms with Crippen LogP contribution >= 0.6 is 11.8 Å². The number of hydrogen-bond acceptors (Lipinski definition) is 8. The molecule has 0 spiro atoms. The molecule has 12 nitrogen and oxygen atoms in total. The zero-order valence-corrected chi connectivity index (χ0v) is 24.1. The number of carbonyl (C=O) groups is 4. The minimum Gasteiger partial charge on any atom is -0.379 e. The molecule has 226 valence electrons. The largest absolute Gasteiger partial charge is 0.379 e. The van der Waals surface area contributed by atoms with Gasteiger partial charge in [0.2, 0.25) is 17.7 Å². The van der Waals surface area contributed by atoms with Gasteiger partial charge in [0.15, 0.2) is 0 Å². The molecule has 5 amide bonds. The molecular formula is C27H45N5O7S. The Hall–Kier alpha value is -2.53. The maximum Gasteiger partial charge on any atom is 0.315 e. The van der Waals surface area contributed by atoms with Crippen LogP contribution in [0.5, 0.6) is 0 Å². The van der Waals surface area contributed by atoms with E-state index in [-0.39, 0.29) is 55.2 Å². The summed E-state index contributed by atoms with van der Waals surface area (Å²) in [5.41, 5.74) is 0. The SMILES string of the molecule is C#CCNC(=O)CCC(=O)NCCCOCCOCCOCCCNC(=O)CCCC[C@@H]1SC[C@@H]2NC(=O)N[C@@H]21. The molecule has 2 heterocycles. The highest BCUT2D eigenvalue weighted by atomic mass is 32.2. The first kappa shape index (κ1) is 33.7. The number of ether oxygens (including phenoxy) is 3. The standard InChI is InChI=1S/C27H45N5O7S/c1-2-11-28-24(34)9-10-25(35)30-13-6-15-38-17-19-39-18-16-37-14-5-12-29-23(33)8-4-3-7-22-26-21(20-40-22)31-27(36)32-26/h1,21-22,26H,3-20H2,(H,28,34)(H,29,33)(H,30,35)(H2,31,32,36)/t21-,22-,26-/m0/s1. The summed E-state index contributed by atoms with van der Waals surface area (Å²) in [6, 6.07) is 0.411. The summed E-state index contributed by atoms with van der Waals surface area (Å²) in [5, 5.41) is 14.6. The average Bonchev–Trinajstić information content (AvgIpc) is 3.49. The third kappa shape index (κ3) is 15.3. The Bertz CT molecular complexity index is 826. The Balaban J connectivity index is 1.26. The highest BCUT2D eigenvalue weighted by molar-refractivity contribution is 8.00. The minimum absolute atomic E-state index is 0.0615. The van der Waals surface area contributed by atoms with E-state index < -0.39 is 0 Å². The highest BCUT2D eigenvalue weighted by Crippen LogP contribution is 2.33. The fourth-order valence-corrected chi connectivity index (χ4v) is 5.81. The highest BCUT2D eigenvalue weighted by Gasteiger charge is 2.42. The van der Waals surface area contributed by atoms with E-state index in [1.807, 2.05) is 11.8 Å². The molecule has 13 heteroatoms. The molecule has 0 aromatic carbocycles. The third-order valence-electron chi connectivity index (χ3n) is 6.37. The molecule has 2 aliphatic heterocycles. The van der Waals surface area contributed by atoms with Crippen LogP contribution in [0.1, 0.15) is 51.4 Å². The van der Waals surface area contributed by atoms with Crippen molar-refractivity contribution in [3.8, 4) is 12.3 Å². The van der Waals surface area contributed by atoms with Crippen molar-refractivity contribution in [2.45, 2.75) is 68.7 Å². The van der Waals surface area contributed by atoms with Crippen LogP contribution in [0.4, 0.5) is 4.79 Å². The summed E-state index contributed by atoms with van der Waals surface area (Å²) in [5.74, 6) is 2.92. The Morgan fingerprint density at radius 1 is 0.800 bits per heavy atom. The van der Waals surface area contributed by atoms with Gasteiger partial charge in [-0.25, -0.2) is 4.79 Å². The fraction of sp³-hybridized carbons (Fsp3) is 0.778. The maximum atomic E-state index is 12.0. The summed E-state index contributed by atoms with van der Waals surface area (Å²) in [4.78, 5) is 46.5. The van der Waals surface area contributed by atoms with Gasteiger partial charge in [0.25, 0.3) is 0 Å². The smallest absolute Gasteiger partial charge is 0.315 e. The second-order valence-electron chi connectivity index (χ2n) is 9.59. The number of rotatable bonds is 23. The van der Waals surface area contributed by atoms with Gasteiger partial charge in [0, 0.05) is 56.6 Å². The molecule has 2 saturated heterocycles. The summed E-state index contributed by atoms with van der Waals surface area (Å²) in [6.07, 6.45) is 10.1. The molecule has 0 aromatic heterocycles. The van der Waals surface area contributed by atoms with Crippen molar-refractivity contribution in [3.05, 3.63) is 0 Å². The topological polar surface area (TPSA) is 156 Å². The molecule has 0 aromatic rings. The number of fused-ring (bicyclic) bond motifs is 1. The van der Waals surface area contributed by atoms with Crippen LogP contribution in [0.3, 0.4) is 0 Å². The van der Waals surface area contributed by atoms with Crippen LogP contribution < -0.4 is 26.6 Å². The van der Waals surface area contributed by atoms with E-state index in [9.17, 15) is 19.2 Å². The number of amides is 5. The molecule has 0 saturated carbocycles. The van der Waals surface area contributed by atoms with Gasteiger partial charge in [-0.3, -0.25) is 14.4 Å². The van der Waals surface area contributed by atoms with Crippen molar-refractivity contribution in [2.75, 3.05) is 65.0 Å². The number of urea groups is 1. The molecule has 5 N–H and O–H groups in total. The normalized spacial score (nSPS) is 19.3. The van der Waals surface area contributed by atoms with Gasteiger partial charge >= 0.3 is 6.03 Å². The van der Waals surface area contributed by atoms with E-state index in [1.54, 1.807) is 0 Å². The van der Waals surface area contributed by atoms with Gasteiger partial charge < -0.3 is 40.8 Å². The van der Waals surface area contributed by atoms with Gasteiger partial charge in [0.1, 0.15) is 0 Å². The lowest BCUT2D eigenvalue weighted by Gasteiger charge is -2.16. The van der Waals surface area contributed by atoms with Crippen molar-refractivity contribution >= 4 is 35.5 Å². The second kappa shape index (κ2) is 21.2. The molecule has 0 radical (unpaired) electrons.